The predicted molar refractivity (Wildman–Crippen MR) is 73.0 cm³/mol. The highest BCUT2D eigenvalue weighted by Gasteiger charge is 2.37. The molecule has 1 saturated carbocycles. The topological polar surface area (TPSA) is 52.6 Å². The second kappa shape index (κ2) is 9.18. The van der Waals surface area contributed by atoms with Gasteiger partial charge in [-0.15, -0.1) is 11.6 Å². The van der Waals surface area contributed by atoms with Crippen LogP contribution in [0.1, 0.15) is 45.4 Å². The molecule has 0 heterocycles. The van der Waals surface area contributed by atoms with Gasteiger partial charge < -0.3 is 9.47 Å². The van der Waals surface area contributed by atoms with Gasteiger partial charge in [0, 0.05) is 0 Å². The lowest BCUT2D eigenvalue weighted by Gasteiger charge is -2.28. The van der Waals surface area contributed by atoms with Gasteiger partial charge in [-0.2, -0.15) is 0 Å². The van der Waals surface area contributed by atoms with Gasteiger partial charge in [0.2, 0.25) is 0 Å². The maximum atomic E-state index is 12.0. The average Bonchev–Trinajstić information content (AvgIpc) is 2.45. The van der Waals surface area contributed by atoms with Crippen LogP contribution in [-0.4, -0.2) is 31.0 Å². The molecular weight excluding hydrogens is 268 g/mol. The zero-order chi connectivity index (χ0) is 14.1. The summed E-state index contributed by atoms with van der Waals surface area (Å²) in [6.07, 6.45) is 5.19. The van der Waals surface area contributed by atoms with Gasteiger partial charge in [0.15, 0.2) is 0 Å². The van der Waals surface area contributed by atoms with Crippen molar-refractivity contribution in [2.24, 2.45) is 11.8 Å². The highest BCUT2D eigenvalue weighted by atomic mass is 35.5. The van der Waals surface area contributed by atoms with Crippen LogP contribution in [0.4, 0.5) is 0 Å². The van der Waals surface area contributed by atoms with Crippen LogP contribution in [0.3, 0.4) is 0 Å². The van der Waals surface area contributed by atoms with E-state index < -0.39 is 0 Å². The monoisotopic (exact) mass is 290 g/mol. The van der Waals surface area contributed by atoms with Crippen LogP contribution in [-0.2, 0) is 19.1 Å². The quantitative estimate of drug-likeness (QED) is 0.411. The van der Waals surface area contributed by atoms with Gasteiger partial charge in [-0.3, -0.25) is 9.59 Å². The van der Waals surface area contributed by atoms with E-state index in [4.69, 9.17) is 21.1 Å². The molecule has 1 rings (SSSR count). The molecule has 110 valence electrons. The zero-order valence-corrected chi connectivity index (χ0v) is 12.3. The molecule has 1 aliphatic rings. The van der Waals surface area contributed by atoms with E-state index in [0.29, 0.717) is 19.4 Å². The minimum atomic E-state index is -0.355. The summed E-state index contributed by atoms with van der Waals surface area (Å²) in [7, 11) is 0. The number of hydrogen-bond acceptors (Lipinski definition) is 4. The Hall–Kier alpha value is -0.770. The first kappa shape index (κ1) is 16.3. The smallest absolute Gasteiger partial charge is 0.309 e. The fraction of sp³-hybridized carbons (Fsp3) is 0.857. The van der Waals surface area contributed by atoms with Gasteiger partial charge in [0.05, 0.1) is 24.3 Å². The van der Waals surface area contributed by atoms with Gasteiger partial charge in [0.1, 0.15) is 6.61 Å². The lowest BCUT2D eigenvalue weighted by molar-refractivity contribution is -0.162. The predicted octanol–water partition coefficient (Wildman–Crippen LogP) is 2.92. The maximum Gasteiger partial charge on any atom is 0.309 e. The molecule has 2 unspecified atom stereocenters. The molecular formula is C14H23ClO4. The summed E-state index contributed by atoms with van der Waals surface area (Å²) in [4.78, 5) is 23.9. The normalized spacial score (nSPS) is 22.8. The molecule has 0 bridgehead atoms. The lowest BCUT2D eigenvalue weighted by atomic mass is 9.79. The maximum absolute atomic E-state index is 12.0. The van der Waals surface area contributed by atoms with Crippen molar-refractivity contribution in [1.82, 2.24) is 0 Å². The van der Waals surface area contributed by atoms with E-state index in [9.17, 15) is 9.59 Å². The number of carbonyl (C=O) groups is 2. The van der Waals surface area contributed by atoms with Crippen molar-refractivity contribution < 1.29 is 19.1 Å². The first-order valence-corrected chi connectivity index (χ1v) is 7.63. The fourth-order valence-corrected chi connectivity index (χ4v) is 2.44. The van der Waals surface area contributed by atoms with Crippen LogP contribution in [0.15, 0.2) is 0 Å². The summed E-state index contributed by atoms with van der Waals surface area (Å²) in [6.45, 7) is 2.69. The summed E-state index contributed by atoms with van der Waals surface area (Å²) >= 11 is 5.50. The van der Waals surface area contributed by atoms with Crippen LogP contribution in [0.25, 0.3) is 0 Å². The summed E-state index contributed by atoms with van der Waals surface area (Å²) < 4.78 is 10.3. The van der Waals surface area contributed by atoms with Crippen molar-refractivity contribution in [2.45, 2.75) is 45.4 Å². The second-order valence-electron chi connectivity index (χ2n) is 4.87. The highest BCUT2D eigenvalue weighted by Crippen LogP contribution is 2.32. The third-order valence-corrected chi connectivity index (χ3v) is 3.59. The molecule has 0 aliphatic heterocycles. The van der Waals surface area contributed by atoms with Gasteiger partial charge >= 0.3 is 11.9 Å². The Balaban J connectivity index is 2.51. The fourth-order valence-electron chi connectivity index (χ4n) is 2.37. The highest BCUT2D eigenvalue weighted by molar-refractivity contribution is 6.18. The Morgan fingerprint density at radius 2 is 1.58 bits per heavy atom. The van der Waals surface area contributed by atoms with E-state index in [1.165, 1.54) is 0 Å². The van der Waals surface area contributed by atoms with Crippen LogP contribution >= 0.6 is 11.6 Å². The van der Waals surface area contributed by atoms with Crippen LogP contribution in [0.2, 0.25) is 0 Å². The number of ether oxygens (including phenoxy) is 2. The van der Waals surface area contributed by atoms with E-state index in [0.717, 1.165) is 25.7 Å². The second-order valence-corrected chi connectivity index (χ2v) is 5.25. The van der Waals surface area contributed by atoms with E-state index in [2.05, 4.69) is 0 Å². The molecule has 0 saturated heterocycles. The Morgan fingerprint density at radius 3 is 2.05 bits per heavy atom. The van der Waals surface area contributed by atoms with E-state index >= 15 is 0 Å². The third kappa shape index (κ3) is 5.39. The standard InChI is InChI=1S/C14H23ClO4/c1-2-3-9-18-13(16)11-6-4-5-7-12(11)14(17)19-10-8-15/h11-12H,2-10H2,1H3. The first-order chi connectivity index (χ1) is 9.20. The average molecular weight is 291 g/mol. The number of carbonyl (C=O) groups excluding carboxylic acids is 2. The summed E-state index contributed by atoms with van der Waals surface area (Å²) in [5.74, 6) is -0.970. The van der Waals surface area contributed by atoms with Crippen molar-refractivity contribution in [2.75, 3.05) is 19.1 Å². The number of unbranched alkanes of at least 4 members (excludes halogenated alkanes) is 1. The number of alkyl halides is 1. The molecule has 0 aromatic rings. The van der Waals surface area contributed by atoms with Crippen molar-refractivity contribution in [1.29, 1.82) is 0 Å². The molecule has 1 aliphatic carbocycles. The van der Waals surface area contributed by atoms with E-state index in [1.807, 2.05) is 6.92 Å². The van der Waals surface area contributed by atoms with Crippen LogP contribution in [0.5, 0.6) is 0 Å². The molecule has 0 aromatic heterocycles. The third-order valence-electron chi connectivity index (χ3n) is 3.44. The molecule has 0 radical (unpaired) electrons. The minimum absolute atomic E-state index is 0.203. The number of esters is 2. The summed E-state index contributed by atoms with van der Waals surface area (Å²) in [5.41, 5.74) is 0. The van der Waals surface area contributed by atoms with Gasteiger partial charge in [-0.05, 0) is 19.3 Å². The number of rotatable bonds is 7. The molecule has 1 fully saturated rings. The Labute approximate surface area is 119 Å². The van der Waals surface area contributed by atoms with Crippen molar-refractivity contribution in [3.63, 3.8) is 0 Å². The molecule has 0 aromatic carbocycles. The Morgan fingerprint density at radius 1 is 1.05 bits per heavy atom. The SMILES string of the molecule is CCCCOC(=O)C1CCCCC1C(=O)OCCCl. The van der Waals surface area contributed by atoms with E-state index in [1.54, 1.807) is 0 Å². The van der Waals surface area contributed by atoms with E-state index in [-0.39, 0.29) is 36.3 Å². The molecule has 19 heavy (non-hydrogen) atoms. The molecule has 0 spiro atoms. The molecule has 0 amide bonds. The Bertz CT molecular complexity index is 293. The molecule has 5 heteroatoms. The molecule has 0 N–H and O–H groups in total. The molecule has 2 atom stereocenters. The number of halogens is 1. The lowest BCUT2D eigenvalue weighted by Crippen LogP contribution is -2.35. The summed E-state index contributed by atoms with van der Waals surface area (Å²) in [5, 5.41) is 0. The van der Waals surface area contributed by atoms with Gasteiger partial charge in [0.25, 0.3) is 0 Å². The largest absolute Gasteiger partial charge is 0.465 e. The minimum Gasteiger partial charge on any atom is -0.465 e. The van der Waals surface area contributed by atoms with Crippen molar-refractivity contribution in [3.05, 3.63) is 0 Å². The van der Waals surface area contributed by atoms with Crippen molar-refractivity contribution in [3.8, 4) is 0 Å². The number of hydrogen-bond donors (Lipinski definition) is 0. The van der Waals surface area contributed by atoms with Crippen LogP contribution in [0, 0.1) is 11.8 Å². The van der Waals surface area contributed by atoms with Gasteiger partial charge in [-0.25, -0.2) is 0 Å². The van der Waals surface area contributed by atoms with Gasteiger partial charge in [-0.1, -0.05) is 26.2 Å². The Kier molecular flexibility index (Phi) is 7.87. The van der Waals surface area contributed by atoms with Crippen molar-refractivity contribution >= 4 is 23.5 Å². The van der Waals surface area contributed by atoms with Crippen LogP contribution < -0.4 is 0 Å². The summed E-state index contributed by atoms with van der Waals surface area (Å²) in [6, 6.07) is 0. The molecule has 4 nitrogen and oxygen atoms in total. The first-order valence-electron chi connectivity index (χ1n) is 7.10. The zero-order valence-electron chi connectivity index (χ0n) is 11.5.